The van der Waals surface area contributed by atoms with E-state index in [4.69, 9.17) is 0 Å². The fourth-order valence-corrected chi connectivity index (χ4v) is 1.96. The molecular weight excluding hydrogens is 328 g/mol. The molecule has 0 atom stereocenters. The molecule has 0 bridgehead atoms. The van der Waals surface area contributed by atoms with Crippen molar-refractivity contribution in [3.63, 3.8) is 0 Å². The first-order valence-corrected chi connectivity index (χ1v) is 6.09. The second-order valence-corrected chi connectivity index (χ2v) is 4.54. The average Bonchev–Trinajstić information content (AvgIpc) is 2.52. The van der Waals surface area contributed by atoms with E-state index in [1.54, 1.807) is 0 Å². The van der Waals surface area contributed by atoms with Crippen LogP contribution < -0.4 is 15.7 Å². The number of benzene rings is 2. The number of methoxy groups -OCH3 is 1. The van der Waals surface area contributed by atoms with Crippen LogP contribution in [0.25, 0.3) is 0 Å². The third-order valence-electron chi connectivity index (χ3n) is 3.17. The highest BCUT2D eigenvalue weighted by Crippen LogP contribution is 2.20. The van der Waals surface area contributed by atoms with E-state index in [-0.39, 0.29) is 13.3 Å². The second-order valence-electron chi connectivity index (χ2n) is 4.54. The Morgan fingerprint density at radius 3 is 1.74 bits per heavy atom. The summed E-state index contributed by atoms with van der Waals surface area (Å²) in [7, 11) is 1.13. The summed E-state index contributed by atoms with van der Waals surface area (Å²) in [6.07, 6.45) is 0. The number of halogens is 7. The Morgan fingerprint density at radius 1 is 0.739 bits per heavy atom. The van der Waals surface area contributed by atoms with Crippen molar-refractivity contribution >= 4 is 18.2 Å². The van der Waals surface area contributed by atoms with Gasteiger partial charge in [0.2, 0.25) is 7.28 Å². The predicted molar refractivity (Wildman–Crippen MR) is 68.9 cm³/mol. The maximum absolute atomic E-state index is 13.8. The summed E-state index contributed by atoms with van der Waals surface area (Å²) >= 11 is 0. The summed E-state index contributed by atoms with van der Waals surface area (Å²) in [5.74, 6) is -12.6. The van der Waals surface area contributed by atoms with Gasteiger partial charge in [0.05, 0.1) is 7.11 Å². The van der Waals surface area contributed by atoms with Crippen LogP contribution in [0.15, 0.2) is 6.07 Å². The second kappa shape index (κ2) is 6.13. The quantitative estimate of drug-likeness (QED) is 0.476. The van der Waals surface area contributed by atoms with Crippen LogP contribution >= 0.6 is 0 Å². The van der Waals surface area contributed by atoms with Crippen molar-refractivity contribution in [1.29, 1.82) is 0 Å². The normalized spacial score (nSPS) is 10.8. The van der Waals surface area contributed by atoms with Gasteiger partial charge in [-0.2, -0.15) is 0 Å². The van der Waals surface area contributed by atoms with Gasteiger partial charge in [0.25, 0.3) is 0 Å². The molecule has 0 saturated carbocycles. The Kier molecular flexibility index (Phi) is 4.58. The summed E-state index contributed by atoms with van der Waals surface area (Å²) in [6, 6.07) is 0.161. The van der Waals surface area contributed by atoms with Gasteiger partial charge in [-0.15, -0.1) is 0 Å². The van der Waals surface area contributed by atoms with Crippen LogP contribution in [0.3, 0.4) is 0 Å². The summed E-state index contributed by atoms with van der Waals surface area (Å²) in [5.41, 5.74) is -3.27. The Bertz CT molecular complexity index is 763. The lowest BCUT2D eigenvalue weighted by atomic mass is 9.62. The predicted octanol–water partition coefficient (Wildman–Crippen LogP) is 2.63. The minimum absolute atomic E-state index is 0.161. The molecule has 0 heterocycles. The molecule has 0 aliphatic heterocycles. The lowest BCUT2D eigenvalue weighted by Crippen LogP contribution is -2.38. The smallest absolute Gasteiger partial charge is 0.208 e. The van der Waals surface area contributed by atoms with Gasteiger partial charge in [-0.1, -0.05) is 0 Å². The Hall–Kier alpha value is -2.19. The molecule has 0 fully saturated rings. The molecule has 121 valence electrons. The molecule has 1 radical (unpaired) electrons. The van der Waals surface area contributed by atoms with Crippen LogP contribution in [0.5, 0.6) is 5.75 Å². The zero-order chi connectivity index (χ0) is 17.5. The van der Waals surface area contributed by atoms with E-state index in [2.05, 4.69) is 4.74 Å². The molecule has 9 heteroatoms. The fraction of sp³-hybridized carbons (Fsp3) is 0.143. The van der Waals surface area contributed by atoms with Gasteiger partial charge in [0.1, 0.15) is 0 Å². The minimum atomic E-state index is -1.83. The first-order chi connectivity index (χ1) is 10.7. The van der Waals surface area contributed by atoms with Crippen LogP contribution in [0.2, 0.25) is 0 Å². The SMILES string of the molecule is COc1c(F)cc(F)c(F)c1[B]c1c(F)c(F)c(C)c(F)c1F. The van der Waals surface area contributed by atoms with E-state index < -0.39 is 63.0 Å². The van der Waals surface area contributed by atoms with E-state index >= 15 is 0 Å². The fourth-order valence-electron chi connectivity index (χ4n) is 1.96. The molecule has 0 aliphatic rings. The average molecular weight is 335 g/mol. The standard InChI is InChI=1S/C14H7BF7O/c1-4-9(18)12(21)7(13(22)10(4)19)15-8-11(20)5(16)3-6(17)14(8)23-2/h3H,1-2H3. The molecule has 0 saturated heterocycles. The molecule has 1 nitrogen and oxygen atoms in total. The number of hydrogen-bond acceptors (Lipinski definition) is 1. The molecule has 2 aromatic rings. The highest BCUT2D eigenvalue weighted by molar-refractivity contribution is 6.68. The van der Waals surface area contributed by atoms with E-state index in [0.29, 0.717) is 0 Å². The van der Waals surface area contributed by atoms with Crippen molar-refractivity contribution in [2.75, 3.05) is 7.11 Å². The molecule has 23 heavy (non-hydrogen) atoms. The van der Waals surface area contributed by atoms with Gasteiger partial charge in [0.15, 0.2) is 46.5 Å². The van der Waals surface area contributed by atoms with Gasteiger partial charge >= 0.3 is 0 Å². The first-order valence-electron chi connectivity index (χ1n) is 6.09. The zero-order valence-electron chi connectivity index (χ0n) is 11.7. The highest BCUT2D eigenvalue weighted by Gasteiger charge is 2.28. The van der Waals surface area contributed by atoms with Gasteiger partial charge in [0, 0.05) is 17.1 Å². The monoisotopic (exact) mass is 335 g/mol. The Labute approximate surface area is 126 Å². The Morgan fingerprint density at radius 2 is 1.26 bits per heavy atom. The zero-order valence-corrected chi connectivity index (χ0v) is 11.7. The molecule has 0 N–H and O–H groups in total. The molecule has 0 amide bonds. The largest absolute Gasteiger partial charge is 0.494 e. The lowest BCUT2D eigenvalue weighted by molar-refractivity contribution is 0.381. The molecule has 0 aliphatic carbocycles. The van der Waals surface area contributed by atoms with Crippen LogP contribution in [0.4, 0.5) is 30.7 Å². The van der Waals surface area contributed by atoms with E-state index in [1.807, 2.05) is 0 Å². The van der Waals surface area contributed by atoms with Gasteiger partial charge < -0.3 is 4.74 Å². The highest BCUT2D eigenvalue weighted by atomic mass is 19.2. The molecule has 0 unspecified atom stereocenters. The van der Waals surface area contributed by atoms with Crippen molar-refractivity contribution in [3.05, 3.63) is 52.4 Å². The van der Waals surface area contributed by atoms with Gasteiger partial charge in [-0.05, 0) is 12.4 Å². The van der Waals surface area contributed by atoms with E-state index in [9.17, 15) is 30.7 Å². The molecule has 2 rings (SSSR count). The molecule has 2 aromatic carbocycles. The third-order valence-corrected chi connectivity index (χ3v) is 3.17. The van der Waals surface area contributed by atoms with Crippen molar-refractivity contribution in [3.8, 4) is 5.75 Å². The van der Waals surface area contributed by atoms with E-state index in [1.165, 1.54) is 0 Å². The maximum Gasteiger partial charge on any atom is 0.208 e. The lowest BCUT2D eigenvalue weighted by Gasteiger charge is -2.13. The Balaban J connectivity index is 2.70. The van der Waals surface area contributed by atoms with E-state index in [0.717, 1.165) is 14.0 Å². The van der Waals surface area contributed by atoms with Crippen LogP contribution in [0.1, 0.15) is 5.56 Å². The number of rotatable bonds is 3. The van der Waals surface area contributed by atoms with Crippen molar-refractivity contribution < 1.29 is 35.5 Å². The number of ether oxygens (including phenoxy) is 1. The van der Waals surface area contributed by atoms with Crippen molar-refractivity contribution in [1.82, 2.24) is 0 Å². The molecule has 0 aromatic heterocycles. The van der Waals surface area contributed by atoms with Crippen LogP contribution in [0, 0.1) is 47.6 Å². The third kappa shape index (κ3) is 2.75. The molecular formula is C14H7BF7O. The summed E-state index contributed by atoms with van der Waals surface area (Å²) in [4.78, 5) is 0. The van der Waals surface area contributed by atoms with Gasteiger partial charge in [-0.25, -0.2) is 30.7 Å². The minimum Gasteiger partial charge on any atom is -0.494 e. The maximum atomic E-state index is 13.8. The van der Waals surface area contributed by atoms with Crippen molar-refractivity contribution in [2.24, 2.45) is 0 Å². The first kappa shape index (κ1) is 17.2. The summed E-state index contributed by atoms with van der Waals surface area (Å²) in [6.45, 7) is 0.795. The topological polar surface area (TPSA) is 9.23 Å². The van der Waals surface area contributed by atoms with Gasteiger partial charge in [-0.3, -0.25) is 0 Å². The van der Waals surface area contributed by atoms with Crippen molar-refractivity contribution in [2.45, 2.75) is 6.92 Å². The summed E-state index contributed by atoms with van der Waals surface area (Å²) < 4.78 is 99.7. The molecule has 0 spiro atoms. The summed E-state index contributed by atoms with van der Waals surface area (Å²) in [5, 5.41) is 0. The van der Waals surface area contributed by atoms with Crippen LogP contribution in [-0.2, 0) is 0 Å². The number of hydrogen-bond donors (Lipinski definition) is 0. The van der Waals surface area contributed by atoms with Crippen LogP contribution in [-0.4, -0.2) is 14.4 Å².